The summed E-state index contributed by atoms with van der Waals surface area (Å²) in [6.45, 7) is 1.10. The molecule has 0 bridgehead atoms. The molecule has 1 fully saturated rings. The topological polar surface area (TPSA) is 43.3 Å². The molecule has 20 heavy (non-hydrogen) atoms. The second-order valence-electron chi connectivity index (χ2n) is 5.32. The number of methoxy groups -OCH3 is 1. The summed E-state index contributed by atoms with van der Waals surface area (Å²) < 4.78 is 8.47. The van der Waals surface area contributed by atoms with Gasteiger partial charge in [0.15, 0.2) is 0 Å². The third-order valence-electron chi connectivity index (χ3n) is 3.91. The molecule has 1 saturated carbocycles. The highest BCUT2D eigenvalue weighted by molar-refractivity contribution is 7.20. The van der Waals surface area contributed by atoms with Crippen LogP contribution in [0.3, 0.4) is 0 Å². The third kappa shape index (κ3) is 2.74. The Balaban J connectivity index is 1.71. The van der Waals surface area contributed by atoms with Crippen molar-refractivity contribution >= 4 is 27.3 Å². The van der Waals surface area contributed by atoms with Crippen LogP contribution in [-0.2, 0) is 4.74 Å². The number of nitrogens with one attached hydrogen (secondary N) is 1. The fraction of sp³-hybridized carbons (Fsp3) is 0.533. The van der Waals surface area contributed by atoms with E-state index in [0.717, 1.165) is 4.88 Å². The SMILES string of the molecule is COCCNC(=O)c1cc2cn(C3CCCC3)cc2s1. The Morgan fingerprint density at radius 2 is 2.25 bits per heavy atom. The molecule has 2 aromatic rings. The number of ether oxygens (including phenoxy) is 1. The van der Waals surface area contributed by atoms with Gasteiger partial charge in [0.05, 0.1) is 16.2 Å². The van der Waals surface area contributed by atoms with Gasteiger partial charge < -0.3 is 14.6 Å². The molecular formula is C15H20N2O2S. The first-order chi connectivity index (χ1) is 9.78. The van der Waals surface area contributed by atoms with E-state index in [2.05, 4.69) is 22.3 Å². The van der Waals surface area contributed by atoms with Crippen molar-refractivity contribution in [2.24, 2.45) is 0 Å². The largest absolute Gasteiger partial charge is 0.383 e. The van der Waals surface area contributed by atoms with E-state index >= 15 is 0 Å². The van der Waals surface area contributed by atoms with E-state index in [4.69, 9.17) is 4.74 Å². The van der Waals surface area contributed by atoms with Crippen LogP contribution in [0.2, 0.25) is 0 Å². The maximum absolute atomic E-state index is 12.0. The van der Waals surface area contributed by atoms with Crippen LogP contribution in [0.1, 0.15) is 41.4 Å². The van der Waals surface area contributed by atoms with E-state index < -0.39 is 0 Å². The van der Waals surface area contributed by atoms with Gasteiger partial charge in [-0.2, -0.15) is 0 Å². The summed E-state index contributed by atoms with van der Waals surface area (Å²) >= 11 is 1.57. The normalized spacial score (nSPS) is 16.1. The number of thiophene rings is 1. The van der Waals surface area contributed by atoms with Crippen LogP contribution in [0, 0.1) is 0 Å². The van der Waals surface area contributed by atoms with Crippen molar-refractivity contribution in [2.45, 2.75) is 31.7 Å². The minimum Gasteiger partial charge on any atom is -0.383 e. The summed E-state index contributed by atoms with van der Waals surface area (Å²) in [6, 6.07) is 2.65. The first-order valence-electron chi connectivity index (χ1n) is 7.16. The van der Waals surface area contributed by atoms with Crippen LogP contribution in [-0.4, -0.2) is 30.7 Å². The maximum atomic E-state index is 12.0. The number of carbonyl (C=O) groups excluding carboxylic acids is 1. The third-order valence-corrected chi connectivity index (χ3v) is 4.99. The molecule has 0 atom stereocenters. The Hall–Kier alpha value is -1.33. The van der Waals surface area contributed by atoms with Gasteiger partial charge in [-0.05, 0) is 18.9 Å². The van der Waals surface area contributed by atoms with E-state index in [-0.39, 0.29) is 5.91 Å². The number of hydrogen-bond acceptors (Lipinski definition) is 3. The minimum absolute atomic E-state index is 0.00401. The lowest BCUT2D eigenvalue weighted by Gasteiger charge is -2.10. The molecule has 0 radical (unpaired) electrons. The van der Waals surface area contributed by atoms with E-state index in [0.29, 0.717) is 19.2 Å². The summed E-state index contributed by atoms with van der Waals surface area (Å²) in [6.07, 6.45) is 9.63. The number of fused-ring (bicyclic) bond motifs is 1. The van der Waals surface area contributed by atoms with Gasteiger partial charge in [-0.15, -0.1) is 11.3 Å². The molecule has 2 aromatic heterocycles. The molecule has 0 aliphatic heterocycles. The highest BCUT2D eigenvalue weighted by Gasteiger charge is 2.18. The fourth-order valence-electron chi connectivity index (χ4n) is 2.83. The molecular weight excluding hydrogens is 272 g/mol. The van der Waals surface area contributed by atoms with Crippen molar-refractivity contribution in [3.05, 3.63) is 23.3 Å². The fourth-order valence-corrected chi connectivity index (χ4v) is 3.82. The highest BCUT2D eigenvalue weighted by Crippen LogP contribution is 2.34. The van der Waals surface area contributed by atoms with Gasteiger partial charge in [0.1, 0.15) is 0 Å². The maximum Gasteiger partial charge on any atom is 0.261 e. The molecule has 108 valence electrons. The van der Waals surface area contributed by atoms with E-state index in [1.54, 1.807) is 18.4 Å². The molecule has 4 nitrogen and oxygen atoms in total. The molecule has 0 saturated heterocycles. The van der Waals surface area contributed by atoms with E-state index in [1.807, 2.05) is 6.07 Å². The smallest absolute Gasteiger partial charge is 0.261 e. The average molecular weight is 292 g/mol. The molecule has 0 aromatic carbocycles. The lowest BCUT2D eigenvalue weighted by molar-refractivity contribution is 0.0941. The van der Waals surface area contributed by atoms with Crippen LogP contribution in [0.5, 0.6) is 0 Å². The van der Waals surface area contributed by atoms with E-state index in [1.165, 1.54) is 35.8 Å². The summed E-state index contributed by atoms with van der Waals surface area (Å²) in [4.78, 5) is 12.7. The summed E-state index contributed by atoms with van der Waals surface area (Å²) in [7, 11) is 1.63. The second-order valence-corrected chi connectivity index (χ2v) is 6.41. The molecule has 1 N–H and O–H groups in total. The first kappa shape index (κ1) is 13.6. The van der Waals surface area contributed by atoms with Gasteiger partial charge in [0, 0.05) is 37.5 Å². The van der Waals surface area contributed by atoms with Crippen molar-refractivity contribution in [1.29, 1.82) is 0 Å². The van der Waals surface area contributed by atoms with Crippen LogP contribution < -0.4 is 5.32 Å². The van der Waals surface area contributed by atoms with Crippen molar-refractivity contribution in [1.82, 2.24) is 9.88 Å². The van der Waals surface area contributed by atoms with Crippen LogP contribution in [0.4, 0.5) is 0 Å². The molecule has 5 heteroatoms. The van der Waals surface area contributed by atoms with Crippen LogP contribution in [0.15, 0.2) is 18.5 Å². The number of hydrogen-bond donors (Lipinski definition) is 1. The van der Waals surface area contributed by atoms with Crippen molar-refractivity contribution in [2.75, 3.05) is 20.3 Å². The Labute approximate surface area is 122 Å². The predicted octanol–water partition coefficient (Wildman–Crippen LogP) is 3.19. The zero-order valence-electron chi connectivity index (χ0n) is 11.7. The van der Waals surface area contributed by atoms with Crippen molar-refractivity contribution in [3.63, 3.8) is 0 Å². The number of amides is 1. The Morgan fingerprint density at radius 3 is 2.95 bits per heavy atom. The number of rotatable bonds is 5. The number of nitrogens with zero attached hydrogens (tertiary/aromatic N) is 1. The quantitative estimate of drug-likeness (QED) is 0.860. The van der Waals surface area contributed by atoms with Gasteiger partial charge in [-0.1, -0.05) is 12.8 Å². The highest BCUT2D eigenvalue weighted by atomic mass is 32.1. The number of carbonyl (C=O) groups is 1. The molecule has 2 heterocycles. The lowest BCUT2D eigenvalue weighted by Crippen LogP contribution is -2.26. The van der Waals surface area contributed by atoms with Crippen LogP contribution >= 0.6 is 11.3 Å². The van der Waals surface area contributed by atoms with Crippen molar-refractivity contribution < 1.29 is 9.53 Å². The zero-order chi connectivity index (χ0) is 13.9. The average Bonchev–Trinajstić information content (AvgIpc) is 3.13. The predicted molar refractivity (Wildman–Crippen MR) is 81.5 cm³/mol. The van der Waals surface area contributed by atoms with Crippen LogP contribution in [0.25, 0.3) is 10.1 Å². The van der Waals surface area contributed by atoms with Gasteiger partial charge in [-0.3, -0.25) is 4.79 Å². The van der Waals surface area contributed by atoms with Gasteiger partial charge in [-0.25, -0.2) is 0 Å². The molecule has 0 spiro atoms. The number of aromatic nitrogens is 1. The molecule has 1 aliphatic rings. The monoisotopic (exact) mass is 292 g/mol. The van der Waals surface area contributed by atoms with Gasteiger partial charge in [0.2, 0.25) is 0 Å². The Kier molecular flexibility index (Phi) is 4.08. The standard InChI is InChI=1S/C15H20N2O2S/c1-19-7-6-16-15(18)13-8-11-9-17(10-14(11)20-13)12-4-2-3-5-12/h8-10,12H,2-7H2,1H3,(H,16,18). The lowest BCUT2D eigenvalue weighted by atomic mass is 10.2. The van der Waals surface area contributed by atoms with Gasteiger partial charge in [0.25, 0.3) is 5.91 Å². The summed E-state index contributed by atoms with van der Waals surface area (Å²) in [5, 5.41) is 4.04. The van der Waals surface area contributed by atoms with E-state index in [9.17, 15) is 4.79 Å². The molecule has 3 rings (SSSR count). The first-order valence-corrected chi connectivity index (χ1v) is 7.98. The molecule has 0 unspecified atom stereocenters. The Bertz CT molecular complexity index is 565. The van der Waals surface area contributed by atoms with Crippen molar-refractivity contribution in [3.8, 4) is 0 Å². The molecule has 1 amide bonds. The Morgan fingerprint density at radius 1 is 1.45 bits per heavy atom. The minimum atomic E-state index is -0.00401. The van der Waals surface area contributed by atoms with Gasteiger partial charge >= 0.3 is 0 Å². The second kappa shape index (κ2) is 5.97. The molecule has 1 aliphatic carbocycles. The summed E-state index contributed by atoms with van der Waals surface area (Å²) in [5.41, 5.74) is 0. The summed E-state index contributed by atoms with van der Waals surface area (Å²) in [5.74, 6) is -0.00401. The zero-order valence-corrected chi connectivity index (χ0v) is 12.5.